The second kappa shape index (κ2) is 5.06. The minimum Gasteiger partial charge on any atom is -0.465 e. The molecule has 1 aromatic heterocycles. The lowest BCUT2D eigenvalue weighted by atomic mass is 10.1. The highest BCUT2D eigenvalue weighted by molar-refractivity contribution is 5.96. The molecule has 98 valence electrons. The summed E-state index contributed by atoms with van der Waals surface area (Å²) in [6.07, 6.45) is 0. The number of nitrogens with one attached hydrogen (secondary N) is 1. The molecule has 2 rings (SSSR count). The second-order valence-electron chi connectivity index (χ2n) is 4.23. The van der Waals surface area contributed by atoms with Crippen LogP contribution in [0.3, 0.4) is 0 Å². The van der Waals surface area contributed by atoms with Crippen LogP contribution in [0.4, 0.5) is 5.82 Å². The van der Waals surface area contributed by atoms with Crippen LogP contribution in [-0.4, -0.2) is 24.0 Å². The summed E-state index contributed by atoms with van der Waals surface area (Å²) in [5.41, 5.74) is 2.02. The minimum atomic E-state index is -0.384. The maximum Gasteiger partial charge on any atom is 0.337 e. The summed E-state index contributed by atoms with van der Waals surface area (Å²) in [6.45, 7) is 3.29. The maximum absolute atomic E-state index is 11.5. The van der Waals surface area contributed by atoms with Crippen LogP contribution in [0.2, 0.25) is 0 Å². The Morgan fingerprint density at radius 2 is 2.00 bits per heavy atom. The molecule has 0 saturated heterocycles. The van der Waals surface area contributed by atoms with Gasteiger partial charge in [-0.15, -0.1) is 0 Å². The van der Waals surface area contributed by atoms with Crippen molar-refractivity contribution in [3.8, 4) is 0 Å². The predicted molar refractivity (Wildman–Crippen MR) is 72.1 cm³/mol. The number of fused-ring (bicyclic) bond motifs is 1. The number of carbonyl (C=O) groups is 2. The zero-order valence-electron chi connectivity index (χ0n) is 11.0. The number of amides is 1. The Hall–Kier alpha value is -2.43. The zero-order valence-corrected chi connectivity index (χ0v) is 11.0. The van der Waals surface area contributed by atoms with Gasteiger partial charge >= 0.3 is 5.97 Å². The van der Waals surface area contributed by atoms with E-state index in [1.165, 1.54) is 14.0 Å². The van der Waals surface area contributed by atoms with E-state index >= 15 is 0 Å². The highest BCUT2D eigenvalue weighted by Crippen LogP contribution is 2.21. The van der Waals surface area contributed by atoms with Gasteiger partial charge in [0.2, 0.25) is 5.91 Å². The number of rotatable bonds is 2. The van der Waals surface area contributed by atoms with Gasteiger partial charge in [0.25, 0.3) is 0 Å². The van der Waals surface area contributed by atoms with Gasteiger partial charge in [-0.1, -0.05) is 0 Å². The van der Waals surface area contributed by atoms with Gasteiger partial charge in [0, 0.05) is 12.3 Å². The number of anilines is 1. The second-order valence-corrected chi connectivity index (χ2v) is 4.23. The molecule has 0 fully saturated rings. The van der Waals surface area contributed by atoms with Crippen LogP contribution >= 0.6 is 0 Å². The number of carbonyl (C=O) groups excluding carboxylic acids is 2. The van der Waals surface area contributed by atoms with Gasteiger partial charge in [-0.3, -0.25) is 4.79 Å². The fourth-order valence-electron chi connectivity index (χ4n) is 1.82. The van der Waals surface area contributed by atoms with Crippen LogP contribution in [0.25, 0.3) is 10.9 Å². The first-order chi connectivity index (χ1) is 9.01. The summed E-state index contributed by atoms with van der Waals surface area (Å²) in [4.78, 5) is 26.9. The fourth-order valence-corrected chi connectivity index (χ4v) is 1.82. The summed E-state index contributed by atoms with van der Waals surface area (Å²) in [5, 5.41) is 3.50. The Kier molecular flexibility index (Phi) is 3.46. The van der Waals surface area contributed by atoms with Crippen LogP contribution in [0.5, 0.6) is 0 Å². The first-order valence-electron chi connectivity index (χ1n) is 5.78. The Labute approximate surface area is 110 Å². The van der Waals surface area contributed by atoms with E-state index in [4.69, 9.17) is 0 Å². The minimum absolute atomic E-state index is 0.166. The van der Waals surface area contributed by atoms with Gasteiger partial charge in [0.1, 0.15) is 5.82 Å². The van der Waals surface area contributed by atoms with Crippen molar-refractivity contribution in [1.29, 1.82) is 0 Å². The van der Waals surface area contributed by atoms with Crippen molar-refractivity contribution in [3.05, 3.63) is 35.4 Å². The van der Waals surface area contributed by atoms with Crippen molar-refractivity contribution in [2.24, 2.45) is 0 Å². The lowest BCUT2D eigenvalue weighted by Gasteiger charge is -2.08. The third kappa shape index (κ3) is 2.70. The summed E-state index contributed by atoms with van der Waals surface area (Å²) in [6, 6.07) is 6.97. The van der Waals surface area contributed by atoms with Gasteiger partial charge in [-0.05, 0) is 36.8 Å². The van der Waals surface area contributed by atoms with E-state index in [1.807, 2.05) is 13.0 Å². The normalized spacial score (nSPS) is 10.3. The van der Waals surface area contributed by atoms with E-state index in [9.17, 15) is 9.59 Å². The number of aromatic nitrogens is 1. The van der Waals surface area contributed by atoms with Gasteiger partial charge in [-0.2, -0.15) is 0 Å². The van der Waals surface area contributed by atoms with E-state index < -0.39 is 0 Å². The van der Waals surface area contributed by atoms with Crippen molar-refractivity contribution in [2.45, 2.75) is 13.8 Å². The molecule has 0 aliphatic carbocycles. The van der Waals surface area contributed by atoms with Gasteiger partial charge in [0.05, 0.1) is 18.2 Å². The molecule has 0 aliphatic heterocycles. The van der Waals surface area contributed by atoms with Crippen LogP contribution in [-0.2, 0) is 9.53 Å². The molecule has 0 atom stereocenters. The maximum atomic E-state index is 11.5. The van der Waals surface area contributed by atoms with E-state index in [0.717, 1.165) is 10.9 Å². The molecule has 5 heteroatoms. The van der Waals surface area contributed by atoms with Crippen molar-refractivity contribution in [3.63, 3.8) is 0 Å². The molecule has 1 N–H and O–H groups in total. The Morgan fingerprint density at radius 3 is 2.63 bits per heavy atom. The number of ether oxygens (including phenoxy) is 1. The SMILES string of the molecule is COC(=O)c1ccc2nc(NC(C)=O)c(C)cc2c1. The number of methoxy groups -OCH3 is 1. The fraction of sp³-hybridized carbons (Fsp3) is 0.214. The van der Waals surface area contributed by atoms with E-state index in [0.29, 0.717) is 16.9 Å². The molecule has 0 saturated carbocycles. The van der Waals surface area contributed by atoms with Gasteiger partial charge in [0.15, 0.2) is 0 Å². The molecule has 0 spiro atoms. The molecule has 0 unspecified atom stereocenters. The average molecular weight is 258 g/mol. The first-order valence-corrected chi connectivity index (χ1v) is 5.78. The number of benzene rings is 1. The number of esters is 1. The predicted octanol–water partition coefficient (Wildman–Crippen LogP) is 2.29. The molecular formula is C14H14N2O3. The summed E-state index contributed by atoms with van der Waals surface area (Å²) in [5.74, 6) is -0.0163. The lowest BCUT2D eigenvalue weighted by Crippen LogP contribution is -2.09. The van der Waals surface area contributed by atoms with Crippen molar-refractivity contribution >= 4 is 28.6 Å². The molecule has 2 aromatic rings. The summed E-state index contributed by atoms with van der Waals surface area (Å²) in [7, 11) is 1.34. The number of hydrogen-bond donors (Lipinski definition) is 1. The Morgan fingerprint density at radius 1 is 1.26 bits per heavy atom. The largest absolute Gasteiger partial charge is 0.465 e. The molecule has 1 heterocycles. The van der Waals surface area contributed by atoms with Crippen LogP contribution in [0.15, 0.2) is 24.3 Å². The average Bonchev–Trinajstić information content (AvgIpc) is 2.37. The quantitative estimate of drug-likeness (QED) is 0.839. The monoisotopic (exact) mass is 258 g/mol. The van der Waals surface area contributed by atoms with Gasteiger partial charge < -0.3 is 10.1 Å². The molecule has 0 aliphatic rings. The highest BCUT2D eigenvalue weighted by Gasteiger charge is 2.09. The standard InChI is InChI=1S/C14H14N2O3/c1-8-6-11-7-10(14(18)19-3)4-5-12(11)16-13(8)15-9(2)17/h4-7H,1-3H3,(H,15,16,17). The number of nitrogens with zero attached hydrogens (tertiary/aromatic N) is 1. The Balaban J connectivity index is 2.51. The number of pyridine rings is 1. The molecule has 5 nitrogen and oxygen atoms in total. The first kappa shape index (κ1) is 13.0. The van der Waals surface area contributed by atoms with Crippen LogP contribution in [0, 0.1) is 6.92 Å². The van der Waals surface area contributed by atoms with Crippen molar-refractivity contribution < 1.29 is 14.3 Å². The molecular weight excluding hydrogens is 244 g/mol. The molecule has 19 heavy (non-hydrogen) atoms. The molecule has 0 radical (unpaired) electrons. The van der Waals surface area contributed by atoms with Crippen LogP contribution in [0.1, 0.15) is 22.8 Å². The molecule has 0 bridgehead atoms. The number of hydrogen-bond acceptors (Lipinski definition) is 4. The third-order valence-electron chi connectivity index (χ3n) is 2.72. The lowest BCUT2D eigenvalue weighted by molar-refractivity contribution is -0.114. The summed E-state index contributed by atoms with van der Waals surface area (Å²) < 4.78 is 4.68. The third-order valence-corrected chi connectivity index (χ3v) is 2.72. The zero-order chi connectivity index (χ0) is 14.0. The van der Waals surface area contributed by atoms with E-state index in [-0.39, 0.29) is 11.9 Å². The van der Waals surface area contributed by atoms with Gasteiger partial charge in [-0.25, -0.2) is 9.78 Å². The highest BCUT2D eigenvalue weighted by atomic mass is 16.5. The topological polar surface area (TPSA) is 68.3 Å². The van der Waals surface area contributed by atoms with Crippen molar-refractivity contribution in [1.82, 2.24) is 4.98 Å². The summed E-state index contributed by atoms with van der Waals surface area (Å²) >= 11 is 0. The van der Waals surface area contributed by atoms with E-state index in [1.54, 1.807) is 18.2 Å². The molecule has 1 amide bonds. The van der Waals surface area contributed by atoms with E-state index in [2.05, 4.69) is 15.0 Å². The Bertz CT molecular complexity index is 665. The molecule has 1 aromatic carbocycles. The number of aryl methyl sites for hydroxylation is 1. The smallest absolute Gasteiger partial charge is 0.337 e. The van der Waals surface area contributed by atoms with Crippen molar-refractivity contribution in [2.75, 3.05) is 12.4 Å². The van der Waals surface area contributed by atoms with Crippen LogP contribution < -0.4 is 5.32 Å².